The molecule has 1 aliphatic heterocycles. The average Bonchev–Trinajstić information content (AvgIpc) is 2.64. The lowest BCUT2D eigenvalue weighted by molar-refractivity contribution is 0.197. The molecule has 0 saturated carbocycles. The van der Waals surface area contributed by atoms with E-state index in [1.54, 1.807) is 30.2 Å². The van der Waals surface area contributed by atoms with Gasteiger partial charge >= 0.3 is 6.03 Å². The van der Waals surface area contributed by atoms with Crippen LogP contribution in [-0.2, 0) is 0 Å². The lowest BCUT2D eigenvalue weighted by Crippen LogP contribution is -2.44. The highest BCUT2D eigenvalue weighted by atomic mass is 19.1. The summed E-state index contributed by atoms with van der Waals surface area (Å²) in [4.78, 5) is 14.0. The van der Waals surface area contributed by atoms with Crippen molar-refractivity contribution in [1.29, 1.82) is 0 Å². The second-order valence-corrected chi connectivity index (χ2v) is 6.05. The SMILES string of the molecule is COc1cccc(NC2CCN(C(=O)Nc3ccccc3F)CC2)c1. The summed E-state index contributed by atoms with van der Waals surface area (Å²) in [5, 5.41) is 6.11. The summed E-state index contributed by atoms with van der Waals surface area (Å²) in [7, 11) is 1.64. The van der Waals surface area contributed by atoms with E-state index in [9.17, 15) is 9.18 Å². The molecule has 0 spiro atoms. The number of nitrogens with zero attached hydrogens (tertiary/aromatic N) is 1. The second-order valence-electron chi connectivity index (χ2n) is 6.05. The molecule has 1 saturated heterocycles. The van der Waals surface area contributed by atoms with E-state index in [2.05, 4.69) is 10.6 Å². The van der Waals surface area contributed by atoms with Crippen LogP contribution < -0.4 is 15.4 Å². The summed E-state index contributed by atoms with van der Waals surface area (Å²) in [5.41, 5.74) is 1.22. The van der Waals surface area contributed by atoms with E-state index in [4.69, 9.17) is 4.74 Å². The van der Waals surface area contributed by atoms with E-state index in [1.807, 2.05) is 24.3 Å². The van der Waals surface area contributed by atoms with Crippen molar-refractivity contribution in [2.45, 2.75) is 18.9 Å². The van der Waals surface area contributed by atoms with Crippen molar-refractivity contribution in [2.24, 2.45) is 0 Å². The van der Waals surface area contributed by atoms with Crippen LogP contribution in [0.5, 0.6) is 5.75 Å². The predicted molar refractivity (Wildman–Crippen MR) is 96.6 cm³/mol. The van der Waals surface area contributed by atoms with Gasteiger partial charge in [-0.2, -0.15) is 0 Å². The van der Waals surface area contributed by atoms with Gasteiger partial charge in [-0.3, -0.25) is 0 Å². The number of halogens is 1. The number of hydrogen-bond acceptors (Lipinski definition) is 3. The summed E-state index contributed by atoms with van der Waals surface area (Å²) < 4.78 is 18.9. The molecule has 2 aromatic rings. The maximum Gasteiger partial charge on any atom is 0.321 e. The Morgan fingerprint density at radius 3 is 2.64 bits per heavy atom. The van der Waals surface area contributed by atoms with Gasteiger partial charge in [0.2, 0.25) is 0 Å². The summed E-state index contributed by atoms with van der Waals surface area (Å²) in [6.07, 6.45) is 1.67. The fourth-order valence-electron chi connectivity index (χ4n) is 2.93. The molecule has 0 atom stereocenters. The number of piperidine rings is 1. The molecule has 0 radical (unpaired) electrons. The van der Waals surface area contributed by atoms with Gasteiger partial charge < -0.3 is 20.3 Å². The standard InChI is InChI=1S/C19H22FN3O2/c1-25-16-6-4-5-15(13-16)21-14-9-11-23(12-10-14)19(24)22-18-8-3-2-7-17(18)20/h2-8,13-14,21H,9-12H2,1H3,(H,22,24). The first-order valence-corrected chi connectivity index (χ1v) is 8.37. The van der Waals surface area contributed by atoms with E-state index in [0.29, 0.717) is 19.1 Å². The Bertz CT molecular complexity index is 730. The lowest BCUT2D eigenvalue weighted by atomic mass is 10.0. The minimum atomic E-state index is -0.426. The number of anilines is 2. The van der Waals surface area contributed by atoms with Gasteiger partial charge in [0, 0.05) is 30.9 Å². The van der Waals surface area contributed by atoms with E-state index < -0.39 is 5.82 Å². The first-order chi connectivity index (χ1) is 12.2. The van der Waals surface area contributed by atoms with Crippen molar-refractivity contribution < 1.29 is 13.9 Å². The summed E-state index contributed by atoms with van der Waals surface area (Å²) in [6.45, 7) is 1.25. The highest BCUT2D eigenvalue weighted by Crippen LogP contribution is 2.21. The summed E-state index contributed by atoms with van der Waals surface area (Å²) in [5.74, 6) is 0.386. The van der Waals surface area contributed by atoms with E-state index in [0.717, 1.165) is 24.3 Å². The van der Waals surface area contributed by atoms with E-state index in [-0.39, 0.29) is 11.7 Å². The molecule has 5 nitrogen and oxygen atoms in total. The molecule has 2 N–H and O–H groups in total. The third-order valence-electron chi connectivity index (χ3n) is 4.34. The van der Waals surface area contributed by atoms with Gasteiger partial charge in [-0.1, -0.05) is 18.2 Å². The monoisotopic (exact) mass is 343 g/mol. The molecule has 0 unspecified atom stereocenters. The largest absolute Gasteiger partial charge is 0.497 e. The zero-order chi connectivity index (χ0) is 17.6. The Labute approximate surface area is 146 Å². The van der Waals surface area contributed by atoms with Crippen LogP contribution in [0.1, 0.15) is 12.8 Å². The molecule has 2 aromatic carbocycles. The minimum absolute atomic E-state index is 0.212. The van der Waals surface area contributed by atoms with Crippen LogP contribution in [0.3, 0.4) is 0 Å². The van der Waals surface area contributed by atoms with Crippen molar-refractivity contribution in [1.82, 2.24) is 4.90 Å². The Hall–Kier alpha value is -2.76. The molecule has 0 aliphatic carbocycles. The third-order valence-corrected chi connectivity index (χ3v) is 4.34. The van der Waals surface area contributed by atoms with Gasteiger partial charge in [0.25, 0.3) is 0 Å². The van der Waals surface area contributed by atoms with Crippen LogP contribution in [0.15, 0.2) is 48.5 Å². The average molecular weight is 343 g/mol. The number of hydrogen-bond donors (Lipinski definition) is 2. The molecule has 0 bridgehead atoms. The molecule has 2 amide bonds. The Morgan fingerprint density at radius 1 is 1.16 bits per heavy atom. The first-order valence-electron chi connectivity index (χ1n) is 8.37. The van der Waals surface area contributed by atoms with Gasteiger partial charge in [0.1, 0.15) is 11.6 Å². The predicted octanol–water partition coefficient (Wildman–Crippen LogP) is 3.94. The Balaban J connectivity index is 1.51. The smallest absolute Gasteiger partial charge is 0.321 e. The molecule has 6 heteroatoms. The minimum Gasteiger partial charge on any atom is -0.497 e. The molecule has 1 heterocycles. The van der Waals surface area contributed by atoms with Crippen LogP contribution in [-0.4, -0.2) is 37.2 Å². The van der Waals surface area contributed by atoms with Crippen molar-refractivity contribution in [3.63, 3.8) is 0 Å². The van der Waals surface area contributed by atoms with Crippen molar-refractivity contribution >= 4 is 17.4 Å². The number of carbonyl (C=O) groups is 1. The number of rotatable bonds is 4. The van der Waals surface area contributed by atoms with Crippen LogP contribution in [0, 0.1) is 5.82 Å². The number of benzene rings is 2. The van der Waals surface area contributed by atoms with Crippen molar-refractivity contribution in [2.75, 3.05) is 30.8 Å². The maximum atomic E-state index is 13.6. The van der Waals surface area contributed by atoms with Gasteiger partial charge in [0.05, 0.1) is 12.8 Å². The second kappa shape index (κ2) is 7.88. The summed E-state index contributed by atoms with van der Waals surface area (Å²) in [6, 6.07) is 14.0. The highest BCUT2D eigenvalue weighted by Gasteiger charge is 2.23. The number of likely N-dealkylation sites (tertiary alicyclic amines) is 1. The fraction of sp³-hybridized carbons (Fsp3) is 0.316. The molecule has 132 valence electrons. The molecule has 3 rings (SSSR count). The Morgan fingerprint density at radius 2 is 1.92 bits per heavy atom. The highest BCUT2D eigenvalue weighted by molar-refractivity contribution is 5.89. The number of methoxy groups -OCH3 is 1. The quantitative estimate of drug-likeness (QED) is 0.884. The zero-order valence-electron chi connectivity index (χ0n) is 14.2. The maximum absolute atomic E-state index is 13.6. The fourth-order valence-corrected chi connectivity index (χ4v) is 2.93. The molecule has 25 heavy (non-hydrogen) atoms. The molecule has 0 aromatic heterocycles. The third kappa shape index (κ3) is 4.41. The van der Waals surface area contributed by atoms with E-state index in [1.165, 1.54) is 6.07 Å². The number of urea groups is 1. The molecular weight excluding hydrogens is 321 g/mol. The zero-order valence-corrected chi connectivity index (χ0v) is 14.2. The number of carbonyl (C=O) groups excluding carboxylic acids is 1. The number of amides is 2. The first kappa shape index (κ1) is 17.1. The number of para-hydroxylation sites is 1. The van der Waals surface area contributed by atoms with Gasteiger partial charge in [0.15, 0.2) is 0 Å². The van der Waals surface area contributed by atoms with Gasteiger partial charge in [-0.25, -0.2) is 9.18 Å². The molecule has 1 aliphatic rings. The number of nitrogens with one attached hydrogen (secondary N) is 2. The summed E-state index contributed by atoms with van der Waals surface area (Å²) >= 11 is 0. The normalized spacial score (nSPS) is 14.9. The lowest BCUT2D eigenvalue weighted by Gasteiger charge is -2.33. The van der Waals surface area contributed by atoms with E-state index >= 15 is 0 Å². The molecular formula is C19H22FN3O2. The Kier molecular flexibility index (Phi) is 5.38. The van der Waals surface area contributed by atoms with Gasteiger partial charge in [-0.05, 0) is 37.1 Å². The molecule has 1 fully saturated rings. The van der Waals surface area contributed by atoms with Crippen LogP contribution in [0.2, 0.25) is 0 Å². The van der Waals surface area contributed by atoms with Crippen molar-refractivity contribution in [3.8, 4) is 5.75 Å². The van der Waals surface area contributed by atoms with Crippen LogP contribution in [0.4, 0.5) is 20.6 Å². The van der Waals surface area contributed by atoms with Crippen molar-refractivity contribution in [3.05, 3.63) is 54.3 Å². The van der Waals surface area contributed by atoms with Gasteiger partial charge in [-0.15, -0.1) is 0 Å². The van der Waals surface area contributed by atoms with Crippen LogP contribution >= 0.6 is 0 Å². The van der Waals surface area contributed by atoms with Crippen LogP contribution in [0.25, 0.3) is 0 Å². The topological polar surface area (TPSA) is 53.6 Å². The number of ether oxygens (including phenoxy) is 1.